The van der Waals surface area contributed by atoms with Gasteiger partial charge in [-0.2, -0.15) is 0 Å². The van der Waals surface area contributed by atoms with Crippen molar-refractivity contribution < 1.29 is 18.7 Å². The highest BCUT2D eigenvalue weighted by atomic mass is 19.1. The van der Waals surface area contributed by atoms with Gasteiger partial charge in [-0.1, -0.05) is 18.2 Å². The van der Waals surface area contributed by atoms with E-state index in [0.717, 1.165) is 5.56 Å². The van der Waals surface area contributed by atoms with Gasteiger partial charge >= 0.3 is 0 Å². The zero-order chi connectivity index (χ0) is 16.6. The van der Waals surface area contributed by atoms with Crippen LogP contribution in [0.1, 0.15) is 23.5 Å². The molecule has 0 radical (unpaired) electrons. The molecule has 0 unspecified atom stereocenters. The normalized spacial score (nSPS) is 19.4. The first-order valence-electron chi connectivity index (χ1n) is 7.44. The van der Waals surface area contributed by atoms with Crippen LogP contribution in [0.25, 0.3) is 0 Å². The maximum Gasteiger partial charge on any atom is 0.226 e. The van der Waals surface area contributed by atoms with Gasteiger partial charge in [-0.15, -0.1) is 0 Å². The number of hydrogen-bond acceptors (Lipinski definition) is 2. The fourth-order valence-corrected chi connectivity index (χ4v) is 2.94. The number of carbonyl (C=O) groups is 1. The van der Waals surface area contributed by atoms with Crippen molar-refractivity contribution in [2.45, 2.75) is 18.9 Å². The molecule has 0 heterocycles. The first-order valence-corrected chi connectivity index (χ1v) is 7.44. The van der Waals surface area contributed by atoms with Gasteiger partial charge in [-0.3, -0.25) is 4.79 Å². The van der Waals surface area contributed by atoms with E-state index in [4.69, 9.17) is 0 Å². The van der Waals surface area contributed by atoms with Gasteiger partial charge in [0, 0.05) is 31.0 Å². The van der Waals surface area contributed by atoms with Gasteiger partial charge in [0.15, 0.2) is 0 Å². The van der Waals surface area contributed by atoms with E-state index in [0.29, 0.717) is 13.0 Å². The maximum absolute atomic E-state index is 13.8. The zero-order valence-corrected chi connectivity index (χ0v) is 12.7. The van der Waals surface area contributed by atoms with Crippen LogP contribution in [0.4, 0.5) is 8.78 Å². The largest absolute Gasteiger partial charge is 0.508 e. The summed E-state index contributed by atoms with van der Waals surface area (Å²) in [7, 11) is 1.65. The molecule has 23 heavy (non-hydrogen) atoms. The Morgan fingerprint density at radius 2 is 1.87 bits per heavy atom. The summed E-state index contributed by atoms with van der Waals surface area (Å²) in [6.45, 7) is 0.343. The number of phenols is 1. The molecule has 120 valence electrons. The lowest BCUT2D eigenvalue weighted by Gasteiger charge is -2.17. The first-order chi connectivity index (χ1) is 11.0. The highest BCUT2D eigenvalue weighted by Gasteiger charge is 2.47. The number of aromatic hydroxyl groups is 1. The number of nitrogens with zero attached hydrogens (tertiary/aromatic N) is 1. The van der Waals surface area contributed by atoms with Crippen LogP contribution in [0.2, 0.25) is 0 Å². The monoisotopic (exact) mass is 317 g/mol. The third kappa shape index (κ3) is 3.18. The molecule has 0 bridgehead atoms. The number of hydrogen-bond donors (Lipinski definition) is 1. The van der Waals surface area contributed by atoms with Crippen LogP contribution in [0.5, 0.6) is 5.75 Å². The van der Waals surface area contributed by atoms with Crippen LogP contribution in [-0.4, -0.2) is 23.0 Å². The van der Waals surface area contributed by atoms with Crippen LogP contribution in [-0.2, 0) is 11.3 Å². The molecular weight excluding hydrogens is 300 g/mol. The lowest BCUT2D eigenvalue weighted by molar-refractivity contribution is -0.131. The second kappa shape index (κ2) is 5.99. The van der Waals surface area contributed by atoms with E-state index in [1.807, 2.05) is 6.07 Å². The molecule has 0 spiro atoms. The van der Waals surface area contributed by atoms with Crippen LogP contribution in [0.3, 0.4) is 0 Å². The SMILES string of the molecule is CN(Cc1cccc(O)c1)C(=O)[C@H]1C[C@H]1c1c(F)cccc1F. The average Bonchev–Trinajstić information content (AvgIpc) is 3.26. The molecule has 0 aromatic heterocycles. The smallest absolute Gasteiger partial charge is 0.226 e. The van der Waals surface area contributed by atoms with Gasteiger partial charge in [0.05, 0.1) is 0 Å². The molecule has 3 nitrogen and oxygen atoms in total. The van der Waals surface area contributed by atoms with Crippen molar-refractivity contribution >= 4 is 5.91 Å². The number of benzene rings is 2. The average molecular weight is 317 g/mol. The molecule has 0 saturated heterocycles. The highest BCUT2D eigenvalue weighted by molar-refractivity contribution is 5.82. The lowest BCUT2D eigenvalue weighted by Crippen LogP contribution is -2.28. The molecule has 5 heteroatoms. The standard InChI is InChI=1S/C18H17F2NO2/c1-21(10-11-4-2-5-12(22)8-11)18(23)14-9-13(14)17-15(19)6-3-7-16(17)20/h2-8,13-14,22H,9-10H2,1H3/t13-,14+/m1/s1. The summed E-state index contributed by atoms with van der Waals surface area (Å²) in [4.78, 5) is 13.9. The Kier molecular flexibility index (Phi) is 4.03. The Morgan fingerprint density at radius 1 is 1.22 bits per heavy atom. The second-order valence-electron chi connectivity index (χ2n) is 5.95. The molecule has 1 amide bonds. The van der Waals surface area contributed by atoms with Crippen molar-refractivity contribution in [2.75, 3.05) is 7.05 Å². The van der Waals surface area contributed by atoms with Crippen molar-refractivity contribution in [3.63, 3.8) is 0 Å². The summed E-state index contributed by atoms with van der Waals surface area (Å²) in [5, 5.41) is 9.45. The number of carbonyl (C=O) groups excluding carboxylic acids is 1. The number of phenolic OH excluding ortho intramolecular Hbond substituents is 1. The second-order valence-corrected chi connectivity index (χ2v) is 5.95. The van der Waals surface area contributed by atoms with Crippen molar-refractivity contribution in [3.05, 3.63) is 65.2 Å². The highest BCUT2D eigenvalue weighted by Crippen LogP contribution is 2.50. The molecule has 3 rings (SSSR count). The Hall–Kier alpha value is -2.43. The molecule has 2 atom stereocenters. The third-order valence-electron chi connectivity index (χ3n) is 4.18. The summed E-state index contributed by atoms with van der Waals surface area (Å²) in [6.07, 6.45) is 0.459. The van der Waals surface area contributed by atoms with E-state index in [1.54, 1.807) is 25.2 Å². The number of rotatable bonds is 4. The fourth-order valence-electron chi connectivity index (χ4n) is 2.94. The van der Waals surface area contributed by atoms with Crippen LogP contribution in [0, 0.1) is 17.6 Å². The zero-order valence-electron chi connectivity index (χ0n) is 12.7. The topological polar surface area (TPSA) is 40.5 Å². The lowest BCUT2D eigenvalue weighted by atomic mass is 10.1. The van der Waals surface area contributed by atoms with Gasteiger partial charge in [-0.25, -0.2) is 8.78 Å². The minimum atomic E-state index is -0.596. The van der Waals surface area contributed by atoms with E-state index in [9.17, 15) is 18.7 Å². The van der Waals surface area contributed by atoms with Gasteiger partial charge in [0.2, 0.25) is 5.91 Å². The number of amides is 1. The van der Waals surface area contributed by atoms with E-state index < -0.39 is 17.6 Å². The predicted octanol–water partition coefficient (Wildman–Crippen LogP) is 3.43. The van der Waals surface area contributed by atoms with Gasteiger partial charge in [-0.05, 0) is 36.2 Å². The van der Waals surface area contributed by atoms with Crippen molar-refractivity contribution in [2.24, 2.45) is 5.92 Å². The Bertz CT molecular complexity index is 727. The number of halogens is 2. The molecule has 1 aliphatic rings. The molecule has 1 aliphatic carbocycles. The molecule has 1 N–H and O–H groups in total. The maximum atomic E-state index is 13.8. The minimum Gasteiger partial charge on any atom is -0.508 e. The molecule has 2 aromatic rings. The van der Waals surface area contributed by atoms with Gasteiger partial charge in [0.25, 0.3) is 0 Å². The van der Waals surface area contributed by atoms with E-state index in [1.165, 1.54) is 23.1 Å². The fraction of sp³-hybridized carbons (Fsp3) is 0.278. The Balaban J connectivity index is 1.68. The first kappa shape index (κ1) is 15.5. The summed E-state index contributed by atoms with van der Waals surface area (Å²) in [5.74, 6) is -1.97. The molecule has 1 saturated carbocycles. The van der Waals surface area contributed by atoms with Crippen molar-refractivity contribution in [1.29, 1.82) is 0 Å². The molecule has 2 aromatic carbocycles. The Labute approximate surface area is 133 Å². The van der Waals surface area contributed by atoms with Gasteiger partial charge < -0.3 is 10.0 Å². The van der Waals surface area contributed by atoms with E-state index in [2.05, 4.69) is 0 Å². The van der Waals surface area contributed by atoms with Gasteiger partial charge in [0.1, 0.15) is 17.4 Å². The Morgan fingerprint density at radius 3 is 2.52 bits per heavy atom. The quantitative estimate of drug-likeness (QED) is 0.938. The van der Waals surface area contributed by atoms with Crippen LogP contribution in [0.15, 0.2) is 42.5 Å². The summed E-state index contributed by atoms with van der Waals surface area (Å²) < 4.78 is 27.6. The summed E-state index contributed by atoms with van der Waals surface area (Å²) in [6, 6.07) is 10.4. The summed E-state index contributed by atoms with van der Waals surface area (Å²) >= 11 is 0. The van der Waals surface area contributed by atoms with E-state index in [-0.39, 0.29) is 23.1 Å². The van der Waals surface area contributed by atoms with Crippen LogP contribution < -0.4 is 0 Å². The van der Waals surface area contributed by atoms with Crippen molar-refractivity contribution in [1.82, 2.24) is 4.90 Å². The predicted molar refractivity (Wildman–Crippen MR) is 81.8 cm³/mol. The van der Waals surface area contributed by atoms with Crippen molar-refractivity contribution in [3.8, 4) is 5.75 Å². The third-order valence-corrected chi connectivity index (χ3v) is 4.18. The molecular formula is C18H17F2NO2. The van der Waals surface area contributed by atoms with E-state index >= 15 is 0 Å². The minimum absolute atomic E-state index is 0.0107. The molecule has 1 fully saturated rings. The summed E-state index contributed by atoms with van der Waals surface area (Å²) in [5.41, 5.74) is 0.812. The van der Waals surface area contributed by atoms with Crippen LogP contribution >= 0.6 is 0 Å². The molecule has 0 aliphatic heterocycles.